The van der Waals surface area contributed by atoms with Gasteiger partial charge < -0.3 is 10.4 Å². The van der Waals surface area contributed by atoms with Gasteiger partial charge in [-0.2, -0.15) is 13.2 Å². The molecule has 116 valence electrons. The molecule has 1 aliphatic carbocycles. The van der Waals surface area contributed by atoms with E-state index in [4.69, 9.17) is 0 Å². The monoisotopic (exact) mass is 319 g/mol. The minimum Gasteiger partial charge on any atom is -0.391 e. The van der Waals surface area contributed by atoms with E-state index in [0.717, 1.165) is 19.3 Å². The first-order valence-corrected chi connectivity index (χ1v) is 7.51. The first-order valence-electron chi connectivity index (χ1n) is 6.70. The van der Waals surface area contributed by atoms with Gasteiger partial charge in [0.1, 0.15) is 0 Å². The quantitative estimate of drug-likeness (QED) is 0.840. The summed E-state index contributed by atoms with van der Waals surface area (Å²) in [7, 11) is 0. The topological polar surface area (TPSA) is 49.3 Å². The fourth-order valence-electron chi connectivity index (χ4n) is 2.34. The van der Waals surface area contributed by atoms with Crippen molar-refractivity contribution >= 4 is 17.7 Å². The fraction of sp³-hybridized carbons (Fsp3) is 0.500. The first kappa shape index (κ1) is 16.2. The summed E-state index contributed by atoms with van der Waals surface area (Å²) < 4.78 is 36.6. The molecule has 0 radical (unpaired) electrons. The summed E-state index contributed by atoms with van der Waals surface area (Å²) in [5.41, 5.74) is -4.05. The second kappa shape index (κ2) is 6.70. The van der Waals surface area contributed by atoms with Gasteiger partial charge in [-0.05, 0) is 48.9 Å². The maximum Gasteiger partial charge on any atom is 0.446 e. The maximum absolute atomic E-state index is 12.2. The number of thioether (sulfide) groups is 1. The van der Waals surface area contributed by atoms with E-state index in [9.17, 15) is 23.1 Å². The molecule has 1 aliphatic rings. The van der Waals surface area contributed by atoms with Crippen LogP contribution in [0.4, 0.5) is 13.2 Å². The highest BCUT2D eigenvalue weighted by molar-refractivity contribution is 8.00. The first-order chi connectivity index (χ1) is 9.85. The number of aliphatic hydroxyl groups is 1. The number of hydrogen-bond acceptors (Lipinski definition) is 3. The summed E-state index contributed by atoms with van der Waals surface area (Å²) >= 11 is -0.214. The molecular weight excluding hydrogens is 303 g/mol. The van der Waals surface area contributed by atoms with Crippen LogP contribution in [0.2, 0.25) is 0 Å². The van der Waals surface area contributed by atoms with Gasteiger partial charge in [0.15, 0.2) is 0 Å². The number of alkyl halides is 3. The molecule has 2 N–H and O–H groups in total. The van der Waals surface area contributed by atoms with E-state index in [1.54, 1.807) is 0 Å². The van der Waals surface area contributed by atoms with Crippen LogP contribution < -0.4 is 5.32 Å². The molecule has 1 aromatic rings. The molecule has 7 heteroatoms. The zero-order valence-corrected chi connectivity index (χ0v) is 12.0. The van der Waals surface area contributed by atoms with Crippen LogP contribution in [0.5, 0.6) is 0 Å². The van der Waals surface area contributed by atoms with Crippen molar-refractivity contribution in [1.29, 1.82) is 0 Å². The summed E-state index contributed by atoms with van der Waals surface area (Å²) in [5, 5.41) is 12.5. The summed E-state index contributed by atoms with van der Waals surface area (Å²) in [5.74, 6) is -0.371. The molecule has 0 bridgehead atoms. The Labute approximate surface area is 124 Å². The molecule has 0 unspecified atom stereocenters. The zero-order chi connectivity index (χ0) is 15.5. The Bertz CT molecular complexity index is 490. The Morgan fingerprint density at radius 1 is 1.19 bits per heavy atom. The van der Waals surface area contributed by atoms with Crippen LogP contribution in [-0.4, -0.2) is 28.7 Å². The maximum atomic E-state index is 12.2. The van der Waals surface area contributed by atoms with Crippen LogP contribution in [0.15, 0.2) is 29.2 Å². The lowest BCUT2D eigenvalue weighted by Crippen LogP contribution is -2.45. The fourth-order valence-corrected chi connectivity index (χ4v) is 2.88. The lowest BCUT2D eigenvalue weighted by molar-refractivity contribution is -0.0328. The van der Waals surface area contributed by atoms with Crippen LogP contribution in [0.25, 0.3) is 0 Å². The van der Waals surface area contributed by atoms with E-state index < -0.39 is 11.6 Å². The molecule has 3 nitrogen and oxygen atoms in total. The lowest BCUT2D eigenvalue weighted by Gasteiger charge is -2.28. The highest BCUT2D eigenvalue weighted by Crippen LogP contribution is 2.36. The van der Waals surface area contributed by atoms with Gasteiger partial charge >= 0.3 is 5.51 Å². The van der Waals surface area contributed by atoms with E-state index in [0.29, 0.717) is 12.0 Å². The van der Waals surface area contributed by atoms with Crippen LogP contribution in [0.1, 0.15) is 36.0 Å². The summed E-state index contributed by atoms with van der Waals surface area (Å²) in [6, 6.07) is 4.97. The number of hydrogen-bond donors (Lipinski definition) is 2. The van der Waals surface area contributed by atoms with Gasteiger partial charge in [0.05, 0.1) is 12.1 Å². The van der Waals surface area contributed by atoms with E-state index in [1.165, 1.54) is 24.3 Å². The van der Waals surface area contributed by atoms with Gasteiger partial charge in [-0.15, -0.1) is 0 Å². The lowest BCUT2D eigenvalue weighted by atomic mass is 9.92. The summed E-state index contributed by atoms with van der Waals surface area (Å²) in [6.45, 7) is 0. The Balaban J connectivity index is 1.96. The molecule has 21 heavy (non-hydrogen) atoms. The van der Waals surface area contributed by atoms with Crippen molar-refractivity contribution in [1.82, 2.24) is 5.32 Å². The average molecular weight is 319 g/mol. The van der Waals surface area contributed by atoms with Gasteiger partial charge in [-0.25, -0.2) is 0 Å². The molecule has 0 aromatic heterocycles. The predicted molar refractivity (Wildman–Crippen MR) is 74.1 cm³/mol. The zero-order valence-electron chi connectivity index (χ0n) is 11.2. The third-order valence-corrected chi connectivity index (χ3v) is 4.14. The summed E-state index contributed by atoms with van der Waals surface area (Å²) in [6.07, 6.45) is 2.71. The van der Waals surface area contributed by atoms with E-state index >= 15 is 0 Å². The van der Waals surface area contributed by atoms with Gasteiger partial charge in [0.2, 0.25) is 0 Å². The highest BCUT2D eigenvalue weighted by Gasteiger charge is 2.29. The molecule has 0 spiro atoms. The van der Waals surface area contributed by atoms with Crippen LogP contribution >= 0.6 is 11.8 Å². The van der Waals surface area contributed by atoms with Crippen molar-refractivity contribution in [3.63, 3.8) is 0 Å². The normalized spacial score (nSPS) is 22.9. The van der Waals surface area contributed by atoms with E-state index in [2.05, 4.69) is 5.32 Å². The molecule has 1 amide bonds. The number of benzene rings is 1. The number of carbonyl (C=O) groups is 1. The van der Waals surface area contributed by atoms with Crippen molar-refractivity contribution < 1.29 is 23.1 Å². The Hall–Kier alpha value is -1.21. The van der Waals surface area contributed by atoms with Gasteiger partial charge in [0.25, 0.3) is 5.91 Å². The number of aliphatic hydroxyl groups excluding tert-OH is 1. The summed E-state index contributed by atoms with van der Waals surface area (Å²) in [4.78, 5) is 12.0. The van der Waals surface area contributed by atoms with E-state index in [-0.39, 0.29) is 28.6 Å². The molecule has 1 aromatic carbocycles. The number of carbonyl (C=O) groups excluding carboxylic acids is 1. The largest absolute Gasteiger partial charge is 0.446 e. The molecule has 2 atom stereocenters. The van der Waals surface area contributed by atoms with Crippen molar-refractivity contribution in [2.45, 2.75) is 48.2 Å². The number of rotatable bonds is 3. The van der Waals surface area contributed by atoms with Crippen molar-refractivity contribution in [2.75, 3.05) is 0 Å². The third kappa shape index (κ3) is 4.93. The second-order valence-electron chi connectivity index (χ2n) is 5.00. The van der Waals surface area contributed by atoms with Gasteiger partial charge in [0, 0.05) is 10.5 Å². The van der Waals surface area contributed by atoms with Crippen molar-refractivity contribution in [3.8, 4) is 0 Å². The SMILES string of the molecule is O=C(N[C@@H]1CCCC[C@H]1O)c1ccc(SC(F)(F)F)cc1. The van der Waals surface area contributed by atoms with Crippen LogP contribution in [0.3, 0.4) is 0 Å². The standard InChI is InChI=1S/C14H16F3NO2S/c15-14(16,17)21-10-7-5-9(6-8-10)13(20)18-11-3-1-2-4-12(11)19/h5-8,11-12,19H,1-4H2,(H,18,20)/t11-,12-/m1/s1. The Morgan fingerprint density at radius 2 is 1.81 bits per heavy atom. The highest BCUT2D eigenvalue weighted by atomic mass is 32.2. The molecule has 1 saturated carbocycles. The van der Waals surface area contributed by atoms with Gasteiger partial charge in [-0.1, -0.05) is 12.8 Å². The molecular formula is C14H16F3NO2S. The minimum absolute atomic E-state index is 0.0387. The van der Waals surface area contributed by atoms with Crippen LogP contribution in [0, 0.1) is 0 Å². The van der Waals surface area contributed by atoms with Crippen LogP contribution in [-0.2, 0) is 0 Å². The van der Waals surface area contributed by atoms with E-state index in [1.807, 2.05) is 0 Å². The Kier molecular flexibility index (Phi) is 5.16. The smallest absolute Gasteiger partial charge is 0.391 e. The predicted octanol–water partition coefficient (Wildman–Crippen LogP) is 3.33. The molecule has 0 saturated heterocycles. The molecule has 1 fully saturated rings. The van der Waals surface area contributed by atoms with Crippen molar-refractivity contribution in [3.05, 3.63) is 29.8 Å². The molecule has 2 rings (SSSR count). The number of amides is 1. The Morgan fingerprint density at radius 3 is 2.38 bits per heavy atom. The minimum atomic E-state index is -4.34. The molecule has 0 aliphatic heterocycles. The molecule has 0 heterocycles. The third-order valence-electron chi connectivity index (χ3n) is 3.40. The number of halogens is 3. The van der Waals surface area contributed by atoms with Crippen molar-refractivity contribution in [2.24, 2.45) is 0 Å². The second-order valence-corrected chi connectivity index (χ2v) is 6.14. The number of nitrogens with one attached hydrogen (secondary N) is 1. The van der Waals surface area contributed by atoms with Gasteiger partial charge in [-0.3, -0.25) is 4.79 Å². The average Bonchev–Trinajstić information content (AvgIpc) is 2.40.